The number of rotatable bonds is 1. The molecule has 0 spiro atoms. The first-order valence-corrected chi connectivity index (χ1v) is 4.11. The third kappa shape index (κ3) is 1.95. The van der Waals surface area contributed by atoms with Gasteiger partial charge in [0.15, 0.2) is 5.69 Å². The summed E-state index contributed by atoms with van der Waals surface area (Å²) in [5.41, 5.74) is 0.678. The molecule has 3 nitrogen and oxygen atoms in total. The number of pyridine rings is 1. The Morgan fingerprint density at radius 1 is 1.67 bits per heavy atom. The quantitative estimate of drug-likeness (QED) is 0.559. The molecular formula is C7H2BrN3S. The standard InChI is InChI=1S/C7H2BrN3S/c8-5-1-6(11-4-12)7(2-9)10-3-5/h1,3H. The number of nitrogens with zero attached hydrogens (tertiary/aromatic N) is 3. The summed E-state index contributed by atoms with van der Waals surface area (Å²) in [4.78, 5) is 7.52. The van der Waals surface area contributed by atoms with E-state index in [1.54, 1.807) is 6.07 Å². The van der Waals surface area contributed by atoms with Crippen molar-refractivity contribution in [2.45, 2.75) is 0 Å². The van der Waals surface area contributed by atoms with Crippen molar-refractivity contribution in [3.63, 3.8) is 0 Å². The van der Waals surface area contributed by atoms with E-state index in [0.717, 1.165) is 4.47 Å². The number of aromatic nitrogens is 1. The minimum absolute atomic E-state index is 0.246. The van der Waals surface area contributed by atoms with Gasteiger partial charge in [-0.15, -0.1) is 0 Å². The summed E-state index contributed by atoms with van der Waals surface area (Å²) in [6.45, 7) is 0. The van der Waals surface area contributed by atoms with Gasteiger partial charge in [-0.1, -0.05) is 0 Å². The highest BCUT2D eigenvalue weighted by Gasteiger charge is 2.01. The molecule has 0 unspecified atom stereocenters. The average Bonchev–Trinajstić information content (AvgIpc) is 2.05. The van der Waals surface area contributed by atoms with Crippen molar-refractivity contribution >= 4 is 39.0 Å². The van der Waals surface area contributed by atoms with Crippen molar-refractivity contribution in [1.29, 1.82) is 5.26 Å². The maximum absolute atomic E-state index is 8.59. The van der Waals surface area contributed by atoms with Crippen LogP contribution in [0.5, 0.6) is 0 Å². The van der Waals surface area contributed by atoms with Gasteiger partial charge in [0.1, 0.15) is 11.8 Å². The Labute approximate surface area is 82.9 Å². The molecule has 1 aromatic rings. The summed E-state index contributed by atoms with van der Waals surface area (Å²) < 4.78 is 0.755. The van der Waals surface area contributed by atoms with Crippen molar-refractivity contribution in [3.05, 3.63) is 22.4 Å². The lowest BCUT2D eigenvalue weighted by Gasteiger charge is -1.93. The smallest absolute Gasteiger partial charge is 0.167 e. The molecule has 1 rings (SSSR count). The van der Waals surface area contributed by atoms with Gasteiger partial charge in [-0.25, -0.2) is 4.98 Å². The summed E-state index contributed by atoms with van der Waals surface area (Å²) in [5, 5.41) is 10.8. The third-order valence-electron chi connectivity index (χ3n) is 1.11. The van der Waals surface area contributed by atoms with E-state index in [9.17, 15) is 0 Å². The molecule has 0 aliphatic rings. The van der Waals surface area contributed by atoms with E-state index < -0.39 is 0 Å². The molecule has 0 amide bonds. The van der Waals surface area contributed by atoms with Crippen LogP contribution in [-0.2, 0) is 0 Å². The summed E-state index contributed by atoms with van der Waals surface area (Å²) >= 11 is 7.62. The normalized spacial score (nSPS) is 8.33. The van der Waals surface area contributed by atoms with Crippen molar-refractivity contribution in [1.82, 2.24) is 4.98 Å². The Kier molecular flexibility index (Phi) is 3.06. The van der Waals surface area contributed by atoms with E-state index in [2.05, 4.69) is 43.3 Å². The number of halogens is 1. The van der Waals surface area contributed by atoms with Crippen LogP contribution in [0.3, 0.4) is 0 Å². The first-order chi connectivity index (χ1) is 5.77. The van der Waals surface area contributed by atoms with Gasteiger partial charge in [-0.05, 0) is 34.2 Å². The highest BCUT2D eigenvalue weighted by Crippen LogP contribution is 2.20. The number of isothiocyanates is 1. The molecule has 58 valence electrons. The van der Waals surface area contributed by atoms with E-state index in [0.29, 0.717) is 5.69 Å². The molecule has 0 radical (unpaired) electrons. The molecule has 0 atom stereocenters. The lowest BCUT2D eigenvalue weighted by atomic mass is 10.3. The van der Waals surface area contributed by atoms with Crippen LogP contribution in [0.2, 0.25) is 0 Å². The lowest BCUT2D eigenvalue weighted by Crippen LogP contribution is -1.81. The second-order valence-corrected chi connectivity index (χ2v) is 2.93. The minimum Gasteiger partial charge on any atom is -0.242 e. The molecule has 0 fully saturated rings. The summed E-state index contributed by atoms with van der Waals surface area (Å²) in [6, 6.07) is 3.55. The number of aliphatic imine (C=N–C) groups is 1. The van der Waals surface area contributed by atoms with Crippen molar-refractivity contribution in [2.24, 2.45) is 4.99 Å². The Balaban J connectivity index is 3.33. The number of thiocarbonyl (C=S) groups is 1. The molecular weight excluding hydrogens is 238 g/mol. The van der Waals surface area contributed by atoms with Gasteiger partial charge in [0.05, 0.1) is 5.16 Å². The topological polar surface area (TPSA) is 49.0 Å². The minimum atomic E-state index is 0.246. The molecule has 0 aliphatic heterocycles. The first kappa shape index (κ1) is 9.01. The zero-order valence-corrected chi connectivity index (χ0v) is 8.19. The van der Waals surface area contributed by atoms with Crippen LogP contribution in [0.4, 0.5) is 5.69 Å². The number of hydrogen-bond donors (Lipinski definition) is 0. The second-order valence-electron chi connectivity index (χ2n) is 1.84. The van der Waals surface area contributed by atoms with Crippen LogP contribution in [0.1, 0.15) is 5.69 Å². The zero-order chi connectivity index (χ0) is 8.97. The molecule has 5 heteroatoms. The fourth-order valence-corrected chi connectivity index (χ4v) is 1.07. The molecule has 0 saturated heterocycles. The summed E-state index contributed by atoms with van der Waals surface area (Å²) in [7, 11) is 0. The van der Waals surface area contributed by atoms with E-state index in [-0.39, 0.29) is 5.69 Å². The molecule has 0 bridgehead atoms. The lowest BCUT2D eigenvalue weighted by molar-refractivity contribution is 1.24. The summed E-state index contributed by atoms with van der Waals surface area (Å²) in [5.74, 6) is 0. The molecule has 12 heavy (non-hydrogen) atoms. The maximum Gasteiger partial charge on any atom is 0.167 e. The fraction of sp³-hybridized carbons (Fsp3) is 0. The summed E-state index contributed by atoms with van der Waals surface area (Å²) in [6.07, 6.45) is 1.53. The van der Waals surface area contributed by atoms with Gasteiger partial charge in [-0.3, -0.25) is 0 Å². The van der Waals surface area contributed by atoms with Gasteiger partial charge in [0.2, 0.25) is 0 Å². The van der Waals surface area contributed by atoms with Gasteiger partial charge >= 0.3 is 0 Å². The Hall–Kier alpha value is -1.08. The predicted octanol–water partition coefficient (Wildman–Crippen LogP) is 2.45. The van der Waals surface area contributed by atoms with Crippen molar-refractivity contribution < 1.29 is 0 Å². The third-order valence-corrected chi connectivity index (χ3v) is 1.63. The van der Waals surface area contributed by atoms with Crippen molar-refractivity contribution in [2.75, 3.05) is 0 Å². The van der Waals surface area contributed by atoms with Crippen LogP contribution < -0.4 is 0 Å². The highest BCUT2D eigenvalue weighted by atomic mass is 79.9. The predicted molar refractivity (Wildman–Crippen MR) is 51.3 cm³/mol. The Morgan fingerprint density at radius 3 is 3.00 bits per heavy atom. The largest absolute Gasteiger partial charge is 0.242 e. The van der Waals surface area contributed by atoms with E-state index in [1.165, 1.54) is 6.20 Å². The maximum atomic E-state index is 8.59. The molecule has 1 heterocycles. The molecule has 0 aliphatic carbocycles. The van der Waals surface area contributed by atoms with Crippen LogP contribution in [0, 0.1) is 11.3 Å². The Morgan fingerprint density at radius 2 is 2.42 bits per heavy atom. The van der Waals surface area contributed by atoms with E-state index in [4.69, 9.17) is 5.26 Å². The number of nitriles is 1. The SMILES string of the molecule is N#Cc1ncc(Br)cc1N=C=S. The van der Waals surface area contributed by atoms with Crippen LogP contribution in [-0.4, -0.2) is 10.1 Å². The van der Waals surface area contributed by atoms with E-state index >= 15 is 0 Å². The molecule has 0 saturated carbocycles. The molecule has 0 N–H and O–H groups in total. The number of hydrogen-bond acceptors (Lipinski definition) is 4. The van der Waals surface area contributed by atoms with Gasteiger partial charge < -0.3 is 0 Å². The van der Waals surface area contributed by atoms with Gasteiger partial charge in [0.25, 0.3) is 0 Å². The average molecular weight is 240 g/mol. The Bertz CT molecular complexity index is 390. The first-order valence-electron chi connectivity index (χ1n) is 2.91. The van der Waals surface area contributed by atoms with E-state index in [1.807, 2.05) is 6.07 Å². The monoisotopic (exact) mass is 239 g/mol. The molecule has 1 aromatic heterocycles. The fourth-order valence-electron chi connectivity index (χ4n) is 0.649. The van der Waals surface area contributed by atoms with Crippen LogP contribution >= 0.6 is 28.1 Å². The highest BCUT2D eigenvalue weighted by molar-refractivity contribution is 9.10. The zero-order valence-electron chi connectivity index (χ0n) is 5.78. The van der Waals surface area contributed by atoms with Gasteiger partial charge in [0, 0.05) is 10.7 Å². The molecule has 0 aromatic carbocycles. The van der Waals surface area contributed by atoms with Crippen molar-refractivity contribution in [3.8, 4) is 6.07 Å². The van der Waals surface area contributed by atoms with Gasteiger partial charge in [-0.2, -0.15) is 10.3 Å². The van der Waals surface area contributed by atoms with Crippen LogP contribution in [0.25, 0.3) is 0 Å². The second kappa shape index (κ2) is 4.07. The van der Waals surface area contributed by atoms with Crippen LogP contribution in [0.15, 0.2) is 21.7 Å².